The van der Waals surface area contributed by atoms with Gasteiger partial charge >= 0.3 is 6.03 Å². The van der Waals surface area contributed by atoms with Crippen LogP contribution in [0, 0.1) is 23.2 Å². The Morgan fingerprint density at radius 3 is 1.86 bits per heavy atom. The topological polar surface area (TPSA) is 41.6 Å². The Kier molecular flexibility index (Phi) is 6.07. The minimum absolute atomic E-state index is 0.0352. The number of rotatable bonds is 7. The molecule has 2 amide bonds. The number of hydrogen-bond acceptors (Lipinski definition) is 2. The van der Waals surface area contributed by atoms with Gasteiger partial charge in [-0.1, -0.05) is 81.4 Å². The van der Waals surface area contributed by atoms with Crippen molar-refractivity contribution in [1.29, 1.82) is 0 Å². The molecule has 1 atom stereocenters. The van der Waals surface area contributed by atoms with Gasteiger partial charge < -0.3 is 14.6 Å². The van der Waals surface area contributed by atoms with E-state index in [0.29, 0.717) is 12.0 Å². The molecule has 2 aromatic carbocycles. The number of carbonyl (C=O) groups is 1. The number of nitrogens with zero attached hydrogens (tertiary/aromatic N) is 1. The average Bonchev–Trinajstić information content (AvgIpc) is 3.17. The van der Waals surface area contributed by atoms with Crippen LogP contribution in [0.2, 0.25) is 5.04 Å². The van der Waals surface area contributed by atoms with Crippen LogP contribution < -0.4 is 15.7 Å². The van der Waals surface area contributed by atoms with Gasteiger partial charge in [0.1, 0.15) is 0 Å². The van der Waals surface area contributed by atoms with Gasteiger partial charge in [-0.25, -0.2) is 4.79 Å². The van der Waals surface area contributed by atoms with Gasteiger partial charge in [-0.15, -0.1) is 0 Å². The highest BCUT2D eigenvalue weighted by Crippen LogP contribution is 2.60. The molecule has 1 heterocycles. The molecule has 4 nitrogen and oxygen atoms in total. The molecule has 0 radical (unpaired) electrons. The molecule has 1 N–H and O–H groups in total. The summed E-state index contributed by atoms with van der Waals surface area (Å²) < 4.78 is 7.14. The first kappa shape index (κ1) is 24.2. The zero-order chi connectivity index (χ0) is 25.0. The number of carbonyl (C=O) groups excluding carboxylic acids is 1. The predicted octanol–water partition coefficient (Wildman–Crippen LogP) is 5.17. The Balaban J connectivity index is 1.21. The first-order valence-corrected chi connectivity index (χ1v) is 16.0. The summed E-state index contributed by atoms with van der Waals surface area (Å²) in [6, 6.07) is 21.7. The third kappa shape index (κ3) is 4.22. The van der Waals surface area contributed by atoms with Crippen molar-refractivity contribution in [2.24, 2.45) is 23.2 Å². The van der Waals surface area contributed by atoms with Gasteiger partial charge in [-0.2, -0.15) is 0 Å². The quantitative estimate of drug-likeness (QED) is 0.531. The molecule has 7 rings (SSSR count). The van der Waals surface area contributed by atoms with Gasteiger partial charge in [0.2, 0.25) is 0 Å². The zero-order valence-electron chi connectivity index (χ0n) is 22.2. The van der Waals surface area contributed by atoms with Crippen LogP contribution >= 0.6 is 0 Å². The Morgan fingerprint density at radius 2 is 1.39 bits per heavy atom. The van der Waals surface area contributed by atoms with Crippen molar-refractivity contribution in [3.8, 4) is 0 Å². The van der Waals surface area contributed by atoms with E-state index in [1.54, 1.807) is 0 Å². The molecule has 1 saturated heterocycles. The van der Waals surface area contributed by atoms with Crippen LogP contribution in [0.5, 0.6) is 0 Å². The fourth-order valence-electron chi connectivity index (χ4n) is 8.77. The van der Waals surface area contributed by atoms with E-state index in [1.807, 2.05) is 0 Å². The van der Waals surface area contributed by atoms with Crippen molar-refractivity contribution >= 4 is 24.7 Å². The first-order valence-electron chi connectivity index (χ1n) is 14.1. The molecule has 0 spiro atoms. The van der Waals surface area contributed by atoms with Crippen LogP contribution in [0.1, 0.15) is 59.3 Å². The summed E-state index contributed by atoms with van der Waals surface area (Å²) in [4.78, 5) is 15.3. The molecule has 192 valence electrons. The van der Waals surface area contributed by atoms with Crippen LogP contribution in [0.25, 0.3) is 0 Å². The van der Waals surface area contributed by atoms with Gasteiger partial charge in [0, 0.05) is 13.1 Å². The maximum Gasteiger partial charge on any atom is 0.317 e. The van der Waals surface area contributed by atoms with Crippen LogP contribution in [-0.4, -0.2) is 45.0 Å². The van der Waals surface area contributed by atoms with Crippen molar-refractivity contribution in [2.75, 3.05) is 19.7 Å². The van der Waals surface area contributed by atoms with E-state index in [1.165, 1.54) is 48.9 Å². The Bertz CT molecular complexity index is 1010. The fraction of sp³-hybridized carbons (Fsp3) is 0.581. The molecule has 0 aromatic heterocycles. The SMILES string of the molecule is CC(C)(C)[Si](OC[C@@H]1CN(CC23CC4CC(CC(C4)C2)C3)C(=O)N1)(c1ccccc1)c1ccccc1. The van der Waals surface area contributed by atoms with Crippen molar-refractivity contribution in [1.82, 2.24) is 10.2 Å². The molecular formula is C31H42N2O2Si. The molecule has 5 fully saturated rings. The van der Waals surface area contributed by atoms with Crippen LogP contribution in [0.3, 0.4) is 0 Å². The van der Waals surface area contributed by atoms with Gasteiger partial charge in [-0.3, -0.25) is 0 Å². The van der Waals surface area contributed by atoms with Crippen molar-refractivity contribution in [2.45, 2.75) is 70.4 Å². The van der Waals surface area contributed by atoms with Gasteiger partial charge in [0.15, 0.2) is 0 Å². The highest BCUT2D eigenvalue weighted by Gasteiger charge is 2.53. The van der Waals surface area contributed by atoms with Crippen LogP contribution in [-0.2, 0) is 4.43 Å². The summed E-state index contributed by atoms with van der Waals surface area (Å²) in [5.41, 5.74) is 0.375. The predicted molar refractivity (Wildman–Crippen MR) is 148 cm³/mol. The van der Waals surface area contributed by atoms with Gasteiger partial charge in [0.05, 0.1) is 12.6 Å². The first-order chi connectivity index (χ1) is 17.3. The Morgan fingerprint density at radius 1 is 0.889 bits per heavy atom. The van der Waals surface area contributed by atoms with Crippen LogP contribution in [0.15, 0.2) is 60.7 Å². The van der Waals surface area contributed by atoms with E-state index in [9.17, 15) is 4.79 Å². The largest absolute Gasteiger partial charge is 0.405 e. The summed E-state index contributed by atoms with van der Waals surface area (Å²) in [5, 5.41) is 5.82. The second kappa shape index (κ2) is 9.02. The van der Waals surface area contributed by atoms with Crippen molar-refractivity contribution in [3.05, 3.63) is 60.7 Å². The molecule has 4 aliphatic carbocycles. The lowest BCUT2D eigenvalue weighted by Gasteiger charge is -2.57. The van der Waals surface area contributed by atoms with Crippen LogP contribution in [0.4, 0.5) is 4.79 Å². The smallest absolute Gasteiger partial charge is 0.317 e. The van der Waals surface area contributed by atoms with E-state index >= 15 is 0 Å². The lowest BCUT2D eigenvalue weighted by Crippen LogP contribution is -2.67. The molecule has 4 bridgehead atoms. The summed E-state index contributed by atoms with van der Waals surface area (Å²) in [6.45, 7) is 9.19. The molecule has 5 heteroatoms. The molecular weight excluding hydrogens is 460 g/mol. The fourth-order valence-corrected chi connectivity index (χ4v) is 13.4. The van der Waals surface area contributed by atoms with E-state index in [4.69, 9.17) is 4.43 Å². The summed E-state index contributed by atoms with van der Waals surface area (Å²) in [6.07, 6.45) is 8.35. The number of urea groups is 1. The second-order valence-corrected chi connectivity index (χ2v) is 17.7. The highest BCUT2D eigenvalue weighted by molar-refractivity contribution is 6.99. The monoisotopic (exact) mass is 502 g/mol. The van der Waals surface area contributed by atoms with Crippen molar-refractivity contribution < 1.29 is 9.22 Å². The Labute approximate surface area is 217 Å². The minimum atomic E-state index is -2.60. The lowest BCUT2D eigenvalue weighted by molar-refractivity contribution is -0.0625. The number of benzene rings is 2. The molecule has 1 aliphatic heterocycles. The standard InChI is InChI=1S/C31H42N2O2Si/c1-30(2,3)36(27-10-6-4-7-11-27,28-12-8-5-9-13-28)35-21-26-20-33(29(34)32-26)22-31-17-23-14-24(18-31)16-25(15-23)19-31/h4-13,23-26H,14-22H2,1-3H3,(H,32,34)/t23?,24?,25?,26-,31?/m0/s1. The zero-order valence-corrected chi connectivity index (χ0v) is 23.2. The molecule has 0 unspecified atom stereocenters. The normalized spacial score (nSPS) is 31.6. The average molecular weight is 503 g/mol. The second-order valence-electron chi connectivity index (χ2n) is 13.4. The maximum absolute atomic E-state index is 13.1. The minimum Gasteiger partial charge on any atom is -0.405 e. The highest BCUT2D eigenvalue weighted by atomic mass is 28.4. The molecule has 4 saturated carbocycles. The number of amides is 2. The third-order valence-corrected chi connectivity index (χ3v) is 14.7. The maximum atomic E-state index is 13.1. The molecule has 2 aromatic rings. The molecule has 5 aliphatic rings. The van der Waals surface area contributed by atoms with E-state index in [2.05, 4.69) is 91.7 Å². The summed E-state index contributed by atoms with van der Waals surface area (Å²) in [5.74, 6) is 2.74. The number of nitrogens with one attached hydrogen (secondary N) is 1. The number of hydrogen-bond donors (Lipinski definition) is 1. The molecule has 36 heavy (non-hydrogen) atoms. The third-order valence-electron chi connectivity index (χ3n) is 9.66. The van der Waals surface area contributed by atoms with Crippen molar-refractivity contribution in [3.63, 3.8) is 0 Å². The van der Waals surface area contributed by atoms with E-state index < -0.39 is 8.32 Å². The summed E-state index contributed by atoms with van der Waals surface area (Å²) in [7, 11) is -2.60. The Hall–Kier alpha value is -2.11. The van der Waals surface area contributed by atoms with E-state index in [0.717, 1.165) is 30.8 Å². The van der Waals surface area contributed by atoms with Gasteiger partial charge in [-0.05, 0) is 77.1 Å². The lowest BCUT2D eigenvalue weighted by atomic mass is 9.49. The summed E-state index contributed by atoms with van der Waals surface area (Å²) >= 11 is 0. The van der Waals surface area contributed by atoms with E-state index in [-0.39, 0.29) is 17.1 Å². The van der Waals surface area contributed by atoms with Gasteiger partial charge in [0.25, 0.3) is 8.32 Å².